The van der Waals surface area contributed by atoms with Crippen LogP contribution in [0, 0.1) is 0 Å². The molecule has 0 amide bonds. The molecule has 2 nitrogen and oxygen atoms in total. The summed E-state index contributed by atoms with van der Waals surface area (Å²) in [6.45, 7) is 19.6. The molecule has 0 aliphatic rings. The van der Waals surface area contributed by atoms with Gasteiger partial charge in [-0.05, 0) is 6.92 Å². The quantitative estimate of drug-likeness (QED) is 0.414. The monoisotopic (exact) mass is 200 g/mol. The third-order valence-electron chi connectivity index (χ3n) is 0.521. The van der Waals surface area contributed by atoms with Crippen molar-refractivity contribution < 1.29 is 9.90 Å². The molecule has 0 saturated carbocycles. The second-order valence-corrected chi connectivity index (χ2v) is 1.44. The lowest BCUT2D eigenvalue weighted by Gasteiger charge is -1.82. The Balaban J connectivity index is -0.0000000603. The topological polar surface area (TPSA) is 37.3 Å². The van der Waals surface area contributed by atoms with E-state index in [9.17, 15) is 4.79 Å². The Kier molecular flexibility index (Phi) is 49.0. The van der Waals surface area contributed by atoms with Crippen molar-refractivity contribution in [3.63, 3.8) is 0 Å². The highest BCUT2D eigenvalue weighted by molar-refractivity contribution is 5.88. The van der Waals surface area contributed by atoms with Crippen LogP contribution < -0.4 is 0 Å². The first kappa shape index (κ1) is 23.0. The van der Waals surface area contributed by atoms with Crippen LogP contribution in [0.1, 0.15) is 34.6 Å². The lowest BCUT2D eigenvalue weighted by Crippen LogP contribution is -1.93. The van der Waals surface area contributed by atoms with Crippen molar-refractivity contribution in [2.75, 3.05) is 0 Å². The second-order valence-electron chi connectivity index (χ2n) is 1.44. The summed E-state index contributed by atoms with van der Waals surface area (Å²) in [5.41, 5.74) is 0.0278. The van der Waals surface area contributed by atoms with Crippen molar-refractivity contribution in [1.29, 1.82) is 0 Å². The van der Waals surface area contributed by atoms with Gasteiger partial charge < -0.3 is 5.11 Å². The highest BCUT2D eigenvalue weighted by atomic mass is 16.4. The van der Waals surface area contributed by atoms with E-state index in [4.69, 9.17) is 5.11 Å². The standard InChI is InChI=1S/C5H6O2.C3H6.2C2H6/c1-3-4(2)5(6)7;1-3-2;2*1-2/h3H,1-2H2,(H,6,7);3H,1H2,2H3;2*1-2H3. The lowest BCUT2D eigenvalue weighted by atomic mass is 10.3. The van der Waals surface area contributed by atoms with Gasteiger partial charge in [-0.2, -0.15) is 0 Å². The van der Waals surface area contributed by atoms with E-state index in [-0.39, 0.29) is 5.57 Å². The van der Waals surface area contributed by atoms with Crippen LogP contribution in [0.5, 0.6) is 0 Å². The van der Waals surface area contributed by atoms with Gasteiger partial charge >= 0.3 is 5.97 Å². The molecule has 0 aromatic rings. The number of hydrogen-bond acceptors (Lipinski definition) is 1. The molecule has 0 bridgehead atoms. The summed E-state index contributed by atoms with van der Waals surface area (Å²) in [5, 5.41) is 8.01. The predicted molar refractivity (Wildman–Crippen MR) is 65.5 cm³/mol. The van der Waals surface area contributed by atoms with Gasteiger partial charge in [0.1, 0.15) is 0 Å². The summed E-state index contributed by atoms with van der Waals surface area (Å²) in [4.78, 5) is 9.76. The second kappa shape index (κ2) is 29.8. The van der Waals surface area contributed by atoms with E-state index in [2.05, 4.69) is 19.7 Å². The molecule has 0 saturated heterocycles. The smallest absolute Gasteiger partial charge is 0.335 e. The van der Waals surface area contributed by atoms with Gasteiger partial charge in [-0.3, -0.25) is 0 Å². The zero-order chi connectivity index (χ0) is 12.6. The minimum absolute atomic E-state index is 0.0278. The average Bonchev–Trinajstić information content (AvgIpc) is 2.23. The largest absolute Gasteiger partial charge is 0.478 e. The molecular formula is C12H24O2. The van der Waals surface area contributed by atoms with Crippen molar-refractivity contribution >= 4 is 5.97 Å². The minimum atomic E-state index is -1.02. The zero-order valence-electron chi connectivity index (χ0n) is 10.1. The van der Waals surface area contributed by atoms with Crippen molar-refractivity contribution in [1.82, 2.24) is 0 Å². The number of carboxylic acids is 1. The van der Waals surface area contributed by atoms with Crippen molar-refractivity contribution in [3.05, 3.63) is 37.5 Å². The Morgan fingerprint density at radius 2 is 1.36 bits per heavy atom. The van der Waals surface area contributed by atoms with Gasteiger partial charge in [0.05, 0.1) is 5.57 Å². The third kappa shape index (κ3) is 45.6. The molecule has 84 valence electrons. The van der Waals surface area contributed by atoms with Gasteiger partial charge in [0.15, 0.2) is 0 Å². The van der Waals surface area contributed by atoms with Crippen molar-refractivity contribution in [2.45, 2.75) is 34.6 Å². The van der Waals surface area contributed by atoms with Crippen LogP contribution in [0.25, 0.3) is 0 Å². The number of allylic oxidation sites excluding steroid dienone is 1. The van der Waals surface area contributed by atoms with Crippen LogP contribution in [-0.2, 0) is 4.79 Å². The summed E-state index contributed by atoms with van der Waals surface area (Å²) < 4.78 is 0. The number of hydrogen-bond donors (Lipinski definition) is 1. The molecule has 0 spiro atoms. The summed E-state index contributed by atoms with van der Waals surface area (Å²) in [6.07, 6.45) is 2.95. The maximum atomic E-state index is 9.76. The van der Waals surface area contributed by atoms with Crippen LogP contribution in [-0.4, -0.2) is 11.1 Å². The third-order valence-corrected chi connectivity index (χ3v) is 0.521. The molecular weight excluding hydrogens is 176 g/mol. The average molecular weight is 200 g/mol. The number of carbonyl (C=O) groups is 1. The van der Waals surface area contributed by atoms with Crippen LogP contribution in [0.3, 0.4) is 0 Å². The normalized spacial score (nSPS) is 5.50. The van der Waals surface area contributed by atoms with Crippen molar-refractivity contribution in [2.24, 2.45) is 0 Å². The molecule has 0 heterocycles. The summed E-state index contributed by atoms with van der Waals surface area (Å²) in [5.74, 6) is -1.02. The van der Waals surface area contributed by atoms with E-state index in [1.807, 2.05) is 34.6 Å². The Morgan fingerprint density at radius 1 is 1.14 bits per heavy atom. The van der Waals surface area contributed by atoms with Gasteiger partial charge in [-0.15, -0.1) is 6.58 Å². The molecule has 0 fully saturated rings. The molecule has 0 aliphatic heterocycles. The number of rotatable bonds is 2. The first-order valence-corrected chi connectivity index (χ1v) is 4.71. The Bertz CT molecular complexity index is 146. The number of aliphatic carboxylic acids is 1. The molecule has 14 heavy (non-hydrogen) atoms. The predicted octanol–water partition coefficient (Wildman–Crippen LogP) is 4.06. The minimum Gasteiger partial charge on any atom is -0.478 e. The summed E-state index contributed by atoms with van der Waals surface area (Å²) in [7, 11) is 0. The Morgan fingerprint density at radius 3 is 1.36 bits per heavy atom. The van der Waals surface area contributed by atoms with E-state index in [1.165, 1.54) is 6.08 Å². The van der Waals surface area contributed by atoms with Crippen LogP contribution in [0.15, 0.2) is 37.5 Å². The molecule has 0 unspecified atom stereocenters. The summed E-state index contributed by atoms with van der Waals surface area (Å²) >= 11 is 0. The summed E-state index contributed by atoms with van der Waals surface area (Å²) in [6, 6.07) is 0. The maximum Gasteiger partial charge on any atom is 0.335 e. The SMILES string of the molecule is C=CC.C=CC(=C)C(=O)O.CC.CC. The molecule has 0 radical (unpaired) electrons. The fourth-order valence-corrected chi connectivity index (χ4v) is 0.0873. The van der Waals surface area contributed by atoms with Crippen LogP contribution >= 0.6 is 0 Å². The molecule has 2 heteroatoms. The first-order chi connectivity index (χ1) is 6.59. The first-order valence-electron chi connectivity index (χ1n) is 4.71. The lowest BCUT2D eigenvalue weighted by molar-refractivity contribution is -0.132. The van der Waals surface area contributed by atoms with E-state index in [0.717, 1.165) is 0 Å². The van der Waals surface area contributed by atoms with Gasteiger partial charge in [0.2, 0.25) is 0 Å². The maximum absolute atomic E-state index is 9.76. The van der Waals surface area contributed by atoms with Crippen LogP contribution in [0.4, 0.5) is 0 Å². The van der Waals surface area contributed by atoms with Crippen LogP contribution in [0.2, 0.25) is 0 Å². The number of carboxylic acid groups (broad SMARTS) is 1. The highest BCUT2D eigenvalue weighted by Crippen LogP contribution is 1.86. The molecule has 0 aromatic heterocycles. The van der Waals surface area contributed by atoms with Gasteiger partial charge in [-0.1, -0.05) is 53.0 Å². The van der Waals surface area contributed by atoms with E-state index < -0.39 is 5.97 Å². The van der Waals surface area contributed by atoms with Crippen molar-refractivity contribution in [3.8, 4) is 0 Å². The highest BCUT2D eigenvalue weighted by Gasteiger charge is 1.93. The van der Waals surface area contributed by atoms with Gasteiger partial charge in [0.25, 0.3) is 0 Å². The fourth-order valence-electron chi connectivity index (χ4n) is 0.0873. The zero-order valence-corrected chi connectivity index (χ0v) is 10.1. The van der Waals surface area contributed by atoms with E-state index >= 15 is 0 Å². The Labute approximate surface area is 88.7 Å². The molecule has 0 atom stereocenters. The molecule has 1 N–H and O–H groups in total. The molecule has 0 aliphatic carbocycles. The Hall–Kier alpha value is -1.31. The molecule has 0 aromatic carbocycles. The molecule has 0 rings (SSSR count). The van der Waals surface area contributed by atoms with E-state index in [0.29, 0.717) is 0 Å². The fraction of sp³-hybridized carbons (Fsp3) is 0.417. The van der Waals surface area contributed by atoms with E-state index in [1.54, 1.807) is 6.08 Å². The van der Waals surface area contributed by atoms with Gasteiger partial charge in [0, 0.05) is 0 Å². The van der Waals surface area contributed by atoms with Gasteiger partial charge in [-0.25, -0.2) is 4.79 Å².